The van der Waals surface area contributed by atoms with Crippen LogP contribution in [0.3, 0.4) is 0 Å². The summed E-state index contributed by atoms with van der Waals surface area (Å²) in [4.78, 5) is 11.6. The minimum Gasteiger partial charge on any atom is -0.364 e. The van der Waals surface area contributed by atoms with E-state index in [0.29, 0.717) is 12.0 Å². The lowest BCUT2D eigenvalue weighted by Crippen LogP contribution is -2.32. The number of allylic oxidation sites excluding steroid dienone is 3. The summed E-state index contributed by atoms with van der Waals surface area (Å²) in [6.07, 6.45) is 17.3. The van der Waals surface area contributed by atoms with Gasteiger partial charge in [0.25, 0.3) is 0 Å². The molecule has 3 heteroatoms. The normalized spacial score (nSPS) is 24.2. The Hall–Kier alpha value is -2.94. The van der Waals surface area contributed by atoms with Crippen molar-refractivity contribution in [3.63, 3.8) is 0 Å². The third kappa shape index (κ3) is 2.91. The van der Waals surface area contributed by atoms with Gasteiger partial charge in [-0.1, -0.05) is 30.4 Å². The molecule has 3 heterocycles. The van der Waals surface area contributed by atoms with Crippen LogP contribution >= 0.6 is 0 Å². The van der Waals surface area contributed by atoms with Crippen molar-refractivity contribution >= 4 is 17.5 Å². The largest absolute Gasteiger partial charge is 0.364 e. The van der Waals surface area contributed by atoms with Gasteiger partial charge in [0.05, 0.1) is 11.8 Å². The van der Waals surface area contributed by atoms with Gasteiger partial charge in [0.2, 0.25) is 0 Å². The van der Waals surface area contributed by atoms with E-state index in [2.05, 4.69) is 71.5 Å². The van der Waals surface area contributed by atoms with Crippen LogP contribution in [0.4, 0.5) is 5.69 Å². The Bertz CT molecular complexity index is 998. The highest BCUT2D eigenvalue weighted by Crippen LogP contribution is 2.44. The van der Waals surface area contributed by atoms with Gasteiger partial charge in [-0.2, -0.15) is 0 Å². The number of nitrogens with zero attached hydrogens (tertiary/aromatic N) is 3. The van der Waals surface area contributed by atoms with Gasteiger partial charge in [0, 0.05) is 42.7 Å². The van der Waals surface area contributed by atoms with Crippen molar-refractivity contribution in [2.24, 2.45) is 4.99 Å². The molecule has 1 aromatic heterocycles. The van der Waals surface area contributed by atoms with Crippen molar-refractivity contribution in [1.82, 2.24) is 4.98 Å². The molecule has 140 valence electrons. The van der Waals surface area contributed by atoms with Gasteiger partial charge in [0.1, 0.15) is 0 Å². The molecule has 1 aliphatic carbocycles. The molecule has 0 saturated heterocycles. The molecule has 0 radical (unpaired) electrons. The Morgan fingerprint density at radius 1 is 1.18 bits per heavy atom. The van der Waals surface area contributed by atoms with Crippen LogP contribution in [0.25, 0.3) is 6.08 Å². The van der Waals surface area contributed by atoms with Crippen molar-refractivity contribution < 1.29 is 0 Å². The summed E-state index contributed by atoms with van der Waals surface area (Å²) < 4.78 is 0. The number of likely N-dealkylation sites (N-methyl/N-ethyl adjacent to an activating group) is 1. The van der Waals surface area contributed by atoms with E-state index >= 15 is 0 Å². The molecule has 0 spiro atoms. The number of hydrogen-bond acceptors (Lipinski definition) is 3. The average Bonchev–Trinajstić information content (AvgIpc) is 3.08. The van der Waals surface area contributed by atoms with Crippen molar-refractivity contribution in [2.75, 3.05) is 18.0 Å². The van der Waals surface area contributed by atoms with E-state index in [0.717, 1.165) is 37.2 Å². The Labute approximate surface area is 166 Å². The first-order chi connectivity index (χ1) is 13.8. The van der Waals surface area contributed by atoms with Crippen molar-refractivity contribution in [1.29, 1.82) is 0 Å². The Kier molecular flexibility index (Phi) is 4.44. The molecule has 3 aliphatic rings. The standard InChI is InChI=1S/C25H25N3/c1-2-28-23-10-4-3-9-21(23)22-16-18(11-12-24(22)28)15-19-7-6-14-27-25(19)20-8-5-13-26-17-20/h3-5,8-13,15-17,21,23H,2,6-7,14H2,1H3/b19-15+. The van der Waals surface area contributed by atoms with Gasteiger partial charge in [-0.3, -0.25) is 9.98 Å². The molecular weight excluding hydrogens is 342 g/mol. The minimum atomic E-state index is 0.454. The van der Waals surface area contributed by atoms with Crippen LogP contribution in [0.1, 0.15) is 42.4 Å². The Balaban J connectivity index is 1.53. The summed E-state index contributed by atoms with van der Waals surface area (Å²) in [7, 11) is 0. The maximum absolute atomic E-state index is 4.82. The molecule has 2 aromatic rings. The summed E-state index contributed by atoms with van der Waals surface area (Å²) in [6, 6.07) is 11.5. The molecule has 0 bridgehead atoms. The predicted octanol–water partition coefficient (Wildman–Crippen LogP) is 5.17. The zero-order valence-corrected chi connectivity index (χ0v) is 16.3. The van der Waals surface area contributed by atoms with Crippen LogP contribution in [0.2, 0.25) is 0 Å². The topological polar surface area (TPSA) is 28.5 Å². The Morgan fingerprint density at radius 2 is 2.11 bits per heavy atom. The number of benzene rings is 1. The monoisotopic (exact) mass is 367 g/mol. The SMILES string of the molecule is CCN1c2ccc(/C=C3\CCCN=C3c3cccnc3)cc2C2C=CC=CC21. The highest BCUT2D eigenvalue weighted by molar-refractivity contribution is 6.15. The first-order valence-corrected chi connectivity index (χ1v) is 10.3. The number of aliphatic imine (C=N–C) groups is 1. The molecule has 1 aromatic carbocycles. The summed E-state index contributed by atoms with van der Waals surface area (Å²) in [5.41, 5.74) is 7.63. The van der Waals surface area contributed by atoms with E-state index in [1.807, 2.05) is 18.5 Å². The van der Waals surface area contributed by atoms with E-state index in [-0.39, 0.29) is 0 Å². The highest BCUT2D eigenvalue weighted by atomic mass is 15.2. The van der Waals surface area contributed by atoms with Gasteiger partial charge < -0.3 is 4.90 Å². The lowest BCUT2D eigenvalue weighted by atomic mass is 9.89. The number of fused-ring (bicyclic) bond motifs is 3. The van der Waals surface area contributed by atoms with Gasteiger partial charge in [-0.25, -0.2) is 0 Å². The van der Waals surface area contributed by atoms with Crippen molar-refractivity contribution in [3.8, 4) is 0 Å². The van der Waals surface area contributed by atoms with Gasteiger partial charge in [-0.15, -0.1) is 0 Å². The van der Waals surface area contributed by atoms with Gasteiger partial charge in [0.15, 0.2) is 0 Å². The fraction of sp³-hybridized carbons (Fsp3) is 0.280. The molecular formula is C25H25N3. The zero-order valence-electron chi connectivity index (χ0n) is 16.3. The average molecular weight is 367 g/mol. The fourth-order valence-corrected chi connectivity index (χ4v) is 4.72. The van der Waals surface area contributed by atoms with Crippen LogP contribution in [-0.2, 0) is 0 Å². The van der Waals surface area contributed by atoms with E-state index in [4.69, 9.17) is 4.99 Å². The number of hydrogen-bond donors (Lipinski definition) is 0. The fourth-order valence-electron chi connectivity index (χ4n) is 4.72. The molecule has 0 fully saturated rings. The highest BCUT2D eigenvalue weighted by Gasteiger charge is 2.35. The van der Waals surface area contributed by atoms with E-state index in [9.17, 15) is 0 Å². The summed E-state index contributed by atoms with van der Waals surface area (Å²) in [6.45, 7) is 4.18. The quantitative estimate of drug-likeness (QED) is 0.749. The van der Waals surface area contributed by atoms with Crippen molar-refractivity contribution in [2.45, 2.75) is 31.7 Å². The first kappa shape index (κ1) is 17.2. The number of anilines is 1. The summed E-state index contributed by atoms with van der Waals surface area (Å²) >= 11 is 0. The second kappa shape index (κ2) is 7.23. The summed E-state index contributed by atoms with van der Waals surface area (Å²) in [5.74, 6) is 0.455. The molecule has 5 rings (SSSR count). The number of pyridine rings is 1. The lowest BCUT2D eigenvalue weighted by Gasteiger charge is -2.27. The molecule has 2 atom stereocenters. The smallest absolute Gasteiger partial charge is 0.0694 e. The maximum Gasteiger partial charge on any atom is 0.0694 e. The minimum absolute atomic E-state index is 0.454. The Morgan fingerprint density at radius 3 is 2.96 bits per heavy atom. The van der Waals surface area contributed by atoms with E-state index < -0.39 is 0 Å². The van der Waals surface area contributed by atoms with Crippen LogP contribution in [0.15, 0.2) is 77.6 Å². The molecule has 3 nitrogen and oxygen atoms in total. The van der Waals surface area contributed by atoms with Crippen LogP contribution in [-0.4, -0.2) is 29.8 Å². The molecule has 0 N–H and O–H groups in total. The van der Waals surface area contributed by atoms with Gasteiger partial charge >= 0.3 is 0 Å². The lowest BCUT2D eigenvalue weighted by molar-refractivity contribution is 0.688. The number of aromatic nitrogens is 1. The third-order valence-corrected chi connectivity index (χ3v) is 5.98. The maximum atomic E-state index is 4.82. The van der Waals surface area contributed by atoms with Crippen molar-refractivity contribution in [3.05, 3.63) is 89.3 Å². The second-order valence-electron chi connectivity index (χ2n) is 7.64. The molecule has 28 heavy (non-hydrogen) atoms. The third-order valence-electron chi connectivity index (χ3n) is 5.98. The van der Waals surface area contributed by atoms with E-state index in [1.54, 1.807) is 0 Å². The second-order valence-corrected chi connectivity index (χ2v) is 7.64. The van der Waals surface area contributed by atoms with Crippen LogP contribution in [0, 0.1) is 0 Å². The van der Waals surface area contributed by atoms with Crippen LogP contribution < -0.4 is 4.90 Å². The molecule has 2 unspecified atom stereocenters. The first-order valence-electron chi connectivity index (χ1n) is 10.3. The molecule has 0 saturated carbocycles. The molecule has 2 aliphatic heterocycles. The zero-order chi connectivity index (χ0) is 18.9. The van der Waals surface area contributed by atoms with Gasteiger partial charge in [-0.05, 0) is 66.8 Å². The van der Waals surface area contributed by atoms with E-state index in [1.165, 1.54) is 22.4 Å². The van der Waals surface area contributed by atoms with Crippen LogP contribution in [0.5, 0.6) is 0 Å². The number of rotatable bonds is 3. The summed E-state index contributed by atoms with van der Waals surface area (Å²) in [5, 5.41) is 0. The molecule has 0 amide bonds. The predicted molar refractivity (Wildman–Crippen MR) is 117 cm³/mol.